The van der Waals surface area contributed by atoms with Crippen LogP contribution in [-0.4, -0.2) is 48.9 Å². The van der Waals surface area contributed by atoms with E-state index >= 15 is 0 Å². The van der Waals surface area contributed by atoms with Crippen LogP contribution in [-0.2, 0) is 9.53 Å². The van der Waals surface area contributed by atoms with E-state index in [9.17, 15) is 19.5 Å². The molecule has 6 nitrogen and oxygen atoms in total. The molecule has 1 unspecified atom stereocenters. The third-order valence-electron chi connectivity index (χ3n) is 5.99. The van der Waals surface area contributed by atoms with Crippen molar-refractivity contribution in [2.75, 3.05) is 25.6 Å². The van der Waals surface area contributed by atoms with Crippen molar-refractivity contribution in [2.24, 2.45) is 5.92 Å². The van der Waals surface area contributed by atoms with Gasteiger partial charge in [0.2, 0.25) is 0 Å². The number of carbonyl (C=O) groups is 3. The number of nitrogens with zero attached hydrogens (tertiary/aromatic N) is 1. The molecule has 0 spiro atoms. The van der Waals surface area contributed by atoms with Gasteiger partial charge >= 0.3 is 5.97 Å². The first-order chi connectivity index (χ1) is 17.1. The topological polar surface area (TPSA) is 83.9 Å². The molecule has 0 aliphatic rings. The quantitative estimate of drug-likeness (QED) is 0.228. The zero-order valence-electron chi connectivity index (χ0n) is 21.2. The first-order valence-corrected chi connectivity index (χ1v) is 12.0. The summed E-state index contributed by atoms with van der Waals surface area (Å²) in [7, 11) is 3.81. The number of hydrogen-bond donors (Lipinski definition) is 1. The minimum absolute atomic E-state index is 0.00781. The lowest BCUT2D eigenvalue weighted by molar-refractivity contribution is -0.160. The fourth-order valence-corrected chi connectivity index (χ4v) is 3.82. The molecular weight excluding hydrogens is 454 g/mol. The van der Waals surface area contributed by atoms with E-state index in [1.54, 1.807) is 38.1 Å². The third kappa shape index (κ3) is 6.89. The van der Waals surface area contributed by atoms with Gasteiger partial charge in [0.1, 0.15) is 5.60 Å². The maximum Gasteiger partial charge on any atom is 0.306 e. The number of aliphatic hydroxyl groups excluding tert-OH is 1. The zero-order valence-corrected chi connectivity index (χ0v) is 21.2. The van der Waals surface area contributed by atoms with Crippen molar-refractivity contribution in [1.29, 1.82) is 0 Å². The molecule has 0 aromatic heterocycles. The molecule has 0 aliphatic heterocycles. The monoisotopic (exact) mass is 487 g/mol. The van der Waals surface area contributed by atoms with Gasteiger partial charge in [0.25, 0.3) is 0 Å². The number of esters is 1. The Hall–Kier alpha value is -3.77. The molecule has 0 aliphatic carbocycles. The number of aliphatic hydroxyl groups is 1. The van der Waals surface area contributed by atoms with E-state index in [4.69, 9.17) is 4.74 Å². The van der Waals surface area contributed by atoms with Crippen LogP contribution in [0, 0.1) is 5.92 Å². The lowest BCUT2D eigenvalue weighted by Gasteiger charge is -2.23. The molecule has 0 bridgehead atoms. The lowest BCUT2D eigenvalue weighted by Crippen LogP contribution is -2.33. The summed E-state index contributed by atoms with van der Waals surface area (Å²) in [5.41, 5.74) is 2.70. The van der Waals surface area contributed by atoms with Crippen LogP contribution < -0.4 is 4.90 Å². The van der Waals surface area contributed by atoms with Gasteiger partial charge in [-0.1, -0.05) is 54.6 Å². The van der Waals surface area contributed by atoms with Gasteiger partial charge in [0.05, 0.1) is 12.5 Å². The Morgan fingerprint density at radius 3 is 1.81 bits per heavy atom. The van der Waals surface area contributed by atoms with Gasteiger partial charge in [-0.15, -0.1) is 0 Å². The maximum atomic E-state index is 13.5. The summed E-state index contributed by atoms with van der Waals surface area (Å²) in [5.74, 6) is -2.29. The maximum absolute atomic E-state index is 13.5. The number of benzene rings is 3. The Morgan fingerprint density at radius 1 is 0.806 bits per heavy atom. The average molecular weight is 488 g/mol. The summed E-state index contributed by atoms with van der Waals surface area (Å²) in [6.07, 6.45) is -0.114. The van der Waals surface area contributed by atoms with Crippen LogP contribution in [0.2, 0.25) is 0 Å². The van der Waals surface area contributed by atoms with Crippen LogP contribution in [0.1, 0.15) is 47.4 Å². The first kappa shape index (κ1) is 26.8. The van der Waals surface area contributed by atoms with Gasteiger partial charge in [-0.2, -0.15) is 0 Å². The average Bonchev–Trinajstić information content (AvgIpc) is 2.89. The molecule has 1 atom stereocenters. The minimum Gasteiger partial charge on any atom is -0.457 e. The molecule has 0 saturated carbocycles. The normalized spacial score (nSPS) is 12.0. The molecule has 0 heterocycles. The largest absolute Gasteiger partial charge is 0.457 e. The van der Waals surface area contributed by atoms with Gasteiger partial charge < -0.3 is 14.7 Å². The molecule has 0 fully saturated rings. The molecule has 36 heavy (non-hydrogen) atoms. The van der Waals surface area contributed by atoms with E-state index < -0.39 is 17.5 Å². The van der Waals surface area contributed by atoms with Gasteiger partial charge in [-0.05, 0) is 55.7 Å². The number of Topliss-reactive ketones (excluding diaryl/α,β-unsaturated/α-hetero) is 2. The number of ketones is 2. The Labute approximate surface area is 212 Å². The van der Waals surface area contributed by atoms with E-state index in [1.165, 1.54) is 0 Å². The summed E-state index contributed by atoms with van der Waals surface area (Å²) in [6, 6.07) is 24.0. The van der Waals surface area contributed by atoms with Crippen LogP contribution >= 0.6 is 0 Å². The molecule has 0 amide bonds. The smallest absolute Gasteiger partial charge is 0.306 e. The Kier molecular flexibility index (Phi) is 8.78. The van der Waals surface area contributed by atoms with E-state index in [0.29, 0.717) is 11.1 Å². The van der Waals surface area contributed by atoms with Crippen molar-refractivity contribution in [3.05, 3.63) is 90.0 Å². The van der Waals surface area contributed by atoms with E-state index in [1.807, 2.05) is 73.6 Å². The van der Waals surface area contributed by atoms with Crippen LogP contribution in [0.25, 0.3) is 11.1 Å². The molecule has 0 radical (unpaired) electrons. The highest BCUT2D eigenvalue weighted by Crippen LogP contribution is 2.25. The number of ether oxygens (including phenoxy) is 1. The fourth-order valence-electron chi connectivity index (χ4n) is 3.82. The second-order valence-electron chi connectivity index (χ2n) is 9.60. The highest BCUT2D eigenvalue weighted by molar-refractivity contribution is 6.16. The highest BCUT2D eigenvalue weighted by atomic mass is 16.6. The van der Waals surface area contributed by atoms with Crippen LogP contribution in [0.3, 0.4) is 0 Å². The van der Waals surface area contributed by atoms with Gasteiger partial charge in [-0.25, -0.2) is 0 Å². The Morgan fingerprint density at radius 2 is 1.31 bits per heavy atom. The molecule has 1 N–H and O–H groups in total. The SMILES string of the molecule is CN(C)c1ccc(C(=O)C(CCC(=O)OC(C)(C)CO)C(=O)c2ccc(-c3ccccc3)cc2)cc1. The summed E-state index contributed by atoms with van der Waals surface area (Å²) in [6.45, 7) is 2.87. The summed E-state index contributed by atoms with van der Waals surface area (Å²) < 4.78 is 5.30. The van der Waals surface area contributed by atoms with Crippen molar-refractivity contribution in [3.63, 3.8) is 0 Å². The fraction of sp³-hybridized carbons (Fsp3) is 0.300. The van der Waals surface area contributed by atoms with Crippen molar-refractivity contribution < 1.29 is 24.2 Å². The summed E-state index contributed by atoms with van der Waals surface area (Å²) >= 11 is 0. The van der Waals surface area contributed by atoms with Crippen molar-refractivity contribution in [1.82, 2.24) is 0 Å². The van der Waals surface area contributed by atoms with Crippen LogP contribution in [0.15, 0.2) is 78.9 Å². The second kappa shape index (κ2) is 11.8. The summed E-state index contributed by atoms with van der Waals surface area (Å²) in [4.78, 5) is 41.3. The molecule has 3 rings (SSSR count). The van der Waals surface area contributed by atoms with Gasteiger partial charge in [0, 0.05) is 37.3 Å². The van der Waals surface area contributed by atoms with E-state index in [-0.39, 0.29) is 31.0 Å². The zero-order chi connectivity index (χ0) is 26.3. The van der Waals surface area contributed by atoms with Gasteiger partial charge in [-0.3, -0.25) is 14.4 Å². The molecule has 3 aromatic carbocycles. The molecule has 188 valence electrons. The van der Waals surface area contributed by atoms with E-state index in [0.717, 1.165) is 16.8 Å². The Balaban J connectivity index is 1.84. The predicted molar refractivity (Wildman–Crippen MR) is 141 cm³/mol. The Bertz CT molecular complexity index is 1180. The van der Waals surface area contributed by atoms with Crippen molar-refractivity contribution >= 4 is 23.2 Å². The van der Waals surface area contributed by atoms with Crippen LogP contribution in [0.4, 0.5) is 5.69 Å². The lowest BCUT2D eigenvalue weighted by atomic mass is 9.86. The second-order valence-corrected chi connectivity index (χ2v) is 9.60. The van der Waals surface area contributed by atoms with Crippen molar-refractivity contribution in [3.8, 4) is 11.1 Å². The number of rotatable bonds is 11. The van der Waals surface area contributed by atoms with E-state index in [2.05, 4.69) is 0 Å². The standard InChI is InChI=1S/C30H33NO5/c1-30(2,20-32)36-27(33)19-18-26(29(35)24-14-16-25(17-15-24)31(3)4)28(34)23-12-10-22(11-13-23)21-8-6-5-7-9-21/h5-17,26,32H,18-20H2,1-4H3. The molecular formula is C30H33NO5. The molecule has 3 aromatic rings. The highest BCUT2D eigenvalue weighted by Gasteiger charge is 2.30. The number of hydrogen-bond acceptors (Lipinski definition) is 6. The van der Waals surface area contributed by atoms with Gasteiger partial charge in [0.15, 0.2) is 11.6 Å². The molecule has 6 heteroatoms. The third-order valence-corrected chi connectivity index (χ3v) is 5.99. The predicted octanol–water partition coefficient (Wildman–Crippen LogP) is 5.20. The van der Waals surface area contributed by atoms with Crippen molar-refractivity contribution in [2.45, 2.75) is 32.3 Å². The number of carbonyl (C=O) groups excluding carboxylic acids is 3. The number of anilines is 1. The minimum atomic E-state index is -1.04. The van der Waals surface area contributed by atoms with Crippen LogP contribution in [0.5, 0.6) is 0 Å². The summed E-state index contributed by atoms with van der Waals surface area (Å²) in [5, 5.41) is 9.37. The first-order valence-electron chi connectivity index (χ1n) is 12.0. The molecule has 0 saturated heterocycles.